The van der Waals surface area contributed by atoms with E-state index in [1.807, 2.05) is 0 Å². The molecule has 5 aromatic rings. The van der Waals surface area contributed by atoms with E-state index >= 15 is 0 Å². The summed E-state index contributed by atoms with van der Waals surface area (Å²) in [7, 11) is 0. The molecular weight excluding hydrogens is 501 g/mol. The second kappa shape index (κ2) is 8.57. The number of hydrogen-bond acceptors (Lipinski definition) is 5. The molecule has 0 aliphatic carbocycles. The van der Waals surface area contributed by atoms with Crippen LogP contribution in [-0.4, -0.2) is 24.0 Å². The lowest BCUT2D eigenvalue weighted by Gasteiger charge is -2.14. The Hall–Kier alpha value is -3.72. The summed E-state index contributed by atoms with van der Waals surface area (Å²) in [6.07, 6.45) is 1.40. The van der Waals surface area contributed by atoms with Crippen molar-refractivity contribution in [3.63, 3.8) is 0 Å². The number of non-ortho nitro benzene ring substituents is 1. The first kappa shape index (κ1) is 22.1. The fraction of sp³-hybridized carbons (Fsp3) is 0. The SMILES string of the molecule is O=c1c2c(ncn2-c2cccc([N+](=O)[O-])c2)nc(-c2ccc(Cl)cc2Cl)n1-c1ccc(Cl)cc1. The molecule has 0 saturated carbocycles. The molecule has 0 radical (unpaired) electrons. The first-order chi connectivity index (χ1) is 16.3. The average molecular weight is 513 g/mol. The van der Waals surface area contributed by atoms with E-state index in [-0.39, 0.29) is 22.7 Å². The van der Waals surface area contributed by atoms with Crippen LogP contribution in [0.25, 0.3) is 33.9 Å². The molecule has 2 heterocycles. The van der Waals surface area contributed by atoms with E-state index in [2.05, 4.69) is 9.97 Å². The van der Waals surface area contributed by atoms with Gasteiger partial charge in [0.15, 0.2) is 17.0 Å². The quantitative estimate of drug-likeness (QED) is 0.214. The smallest absolute Gasteiger partial charge is 0.285 e. The maximum Gasteiger partial charge on any atom is 0.285 e. The Kier molecular flexibility index (Phi) is 5.57. The van der Waals surface area contributed by atoms with E-state index < -0.39 is 10.5 Å². The molecule has 5 rings (SSSR count). The van der Waals surface area contributed by atoms with E-state index in [9.17, 15) is 14.9 Å². The van der Waals surface area contributed by atoms with Crippen LogP contribution < -0.4 is 5.56 Å². The van der Waals surface area contributed by atoms with Gasteiger partial charge < -0.3 is 0 Å². The topological polar surface area (TPSA) is 95.8 Å². The normalized spacial score (nSPS) is 11.1. The van der Waals surface area contributed by atoms with Gasteiger partial charge in [0, 0.05) is 27.7 Å². The number of aromatic nitrogens is 4. The van der Waals surface area contributed by atoms with Gasteiger partial charge in [-0.05, 0) is 48.5 Å². The van der Waals surface area contributed by atoms with Gasteiger partial charge in [-0.15, -0.1) is 0 Å². The van der Waals surface area contributed by atoms with E-state index in [1.165, 1.54) is 33.7 Å². The van der Waals surface area contributed by atoms with E-state index in [0.717, 1.165) is 0 Å². The molecule has 0 aliphatic heterocycles. The summed E-state index contributed by atoms with van der Waals surface area (Å²) in [4.78, 5) is 33.6. The van der Waals surface area contributed by atoms with Crippen LogP contribution in [0.15, 0.2) is 77.9 Å². The third-order valence-corrected chi connectivity index (χ3v) is 5.95. The van der Waals surface area contributed by atoms with E-state index in [4.69, 9.17) is 34.8 Å². The number of rotatable bonds is 4. The van der Waals surface area contributed by atoms with Crippen molar-refractivity contribution >= 4 is 51.7 Å². The maximum atomic E-state index is 13.9. The average Bonchev–Trinajstić information content (AvgIpc) is 3.24. The standard InChI is InChI=1S/C23H12Cl3N5O3/c24-13-4-7-15(8-5-13)30-22(18-9-6-14(25)10-19(18)26)28-21-20(23(30)32)29(12-27-21)16-2-1-3-17(11-16)31(33)34/h1-12H. The van der Waals surface area contributed by atoms with Crippen LogP contribution in [0.1, 0.15) is 0 Å². The summed E-state index contributed by atoms with van der Waals surface area (Å²) in [6.45, 7) is 0. The maximum absolute atomic E-state index is 13.9. The van der Waals surface area contributed by atoms with Crippen molar-refractivity contribution in [2.24, 2.45) is 0 Å². The van der Waals surface area contributed by atoms with Gasteiger partial charge in [0.2, 0.25) is 0 Å². The van der Waals surface area contributed by atoms with Crippen LogP contribution in [0.3, 0.4) is 0 Å². The minimum Gasteiger partial charge on any atom is -0.292 e. The Morgan fingerprint density at radius 3 is 2.32 bits per heavy atom. The number of nitrogens with zero attached hydrogens (tertiary/aromatic N) is 5. The molecule has 0 atom stereocenters. The summed E-state index contributed by atoms with van der Waals surface area (Å²) < 4.78 is 2.86. The molecule has 2 aromatic heterocycles. The zero-order valence-electron chi connectivity index (χ0n) is 17.0. The lowest BCUT2D eigenvalue weighted by atomic mass is 10.2. The second-order valence-electron chi connectivity index (χ2n) is 7.24. The highest BCUT2D eigenvalue weighted by Crippen LogP contribution is 2.31. The molecule has 0 bridgehead atoms. The lowest BCUT2D eigenvalue weighted by Crippen LogP contribution is -2.23. The number of halogens is 3. The van der Waals surface area contributed by atoms with Crippen molar-refractivity contribution in [3.8, 4) is 22.8 Å². The zero-order chi connectivity index (χ0) is 24.0. The Labute approximate surface area is 206 Å². The molecule has 0 spiro atoms. The van der Waals surface area contributed by atoms with Crippen molar-refractivity contribution < 1.29 is 4.92 Å². The predicted octanol–water partition coefficient (Wildman–Crippen LogP) is 6.11. The number of hydrogen-bond donors (Lipinski definition) is 0. The highest BCUT2D eigenvalue weighted by Gasteiger charge is 2.21. The third kappa shape index (κ3) is 3.81. The molecule has 0 unspecified atom stereocenters. The minimum atomic E-state index is -0.506. The van der Waals surface area contributed by atoms with Crippen LogP contribution in [0.2, 0.25) is 15.1 Å². The highest BCUT2D eigenvalue weighted by atomic mass is 35.5. The van der Waals surface area contributed by atoms with Gasteiger partial charge >= 0.3 is 0 Å². The first-order valence-corrected chi connectivity index (χ1v) is 10.9. The van der Waals surface area contributed by atoms with Crippen molar-refractivity contribution in [3.05, 3.63) is 109 Å². The van der Waals surface area contributed by atoms with Crippen molar-refractivity contribution in [2.45, 2.75) is 0 Å². The van der Waals surface area contributed by atoms with Gasteiger partial charge in [0.25, 0.3) is 11.2 Å². The largest absolute Gasteiger partial charge is 0.292 e. The summed E-state index contributed by atoms with van der Waals surface area (Å²) in [5.74, 6) is 0.255. The van der Waals surface area contributed by atoms with E-state index in [1.54, 1.807) is 48.5 Å². The number of nitro groups is 1. The van der Waals surface area contributed by atoms with Crippen LogP contribution >= 0.6 is 34.8 Å². The Morgan fingerprint density at radius 1 is 0.882 bits per heavy atom. The summed E-state index contributed by atoms with van der Waals surface area (Å²) in [6, 6.07) is 17.4. The summed E-state index contributed by atoms with van der Waals surface area (Å²) in [5.41, 5.74) is 1.11. The van der Waals surface area contributed by atoms with Crippen LogP contribution in [0.5, 0.6) is 0 Å². The molecule has 34 heavy (non-hydrogen) atoms. The summed E-state index contributed by atoms with van der Waals surface area (Å²) in [5, 5.41) is 12.5. The zero-order valence-corrected chi connectivity index (χ0v) is 19.3. The highest BCUT2D eigenvalue weighted by molar-refractivity contribution is 6.36. The molecule has 0 saturated heterocycles. The molecule has 0 N–H and O–H groups in total. The lowest BCUT2D eigenvalue weighted by molar-refractivity contribution is -0.384. The van der Waals surface area contributed by atoms with Gasteiger partial charge in [-0.3, -0.25) is 24.0 Å². The van der Waals surface area contributed by atoms with Crippen LogP contribution in [0, 0.1) is 10.1 Å². The minimum absolute atomic E-state index is 0.116. The monoisotopic (exact) mass is 511 g/mol. The molecule has 168 valence electrons. The van der Waals surface area contributed by atoms with Crippen LogP contribution in [-0.2, 0) is 0 Å². The fourth-order valence-corrected chi connectivity index (χ4v) is 4.22. The number of nitro benzene ring substituents is 1. The third-order valence-electron chi connectivity index (χ3n) is 5.15. The molecule has 11 heteroatoms. The second-order valence-corrected chi connectivity index (χ2v) is 8.52. The first-order valence-electron chi connectivity index (χ1n) is 9.80. The Balaban J connectivity index is 1.85. The van der Waals surface area contributed by atoms with Crippen molar-refractivity contribution in [1.82, 2.24) is 19.1 Å². The van der Waals surface area contributed by atoms with Crippen molar-refractivity contribution in [2.75, 3.05) is 0 Å². The van der Waals surface area contributed by atoms with Gasteiger partial charge in [-0.2, -0.15) is 0 Å². The van der Waals surface area contributed by atoms with Gasteiger partial charge in [0.05, 0.1) is 21.3 Å². The van der Waals surface area contributed by atoms with Crippen LogP contribution in [0.4, 0.5) is 5.69 Å². The Morgan fingerprint density at radius 2 is 1.62 bits per heavy atom. The molecule has 8 nitrogen and oxygen atoms in total. The molecular formula is C23H12Cl3N5O3. The van der Waals surface area contributed by atoms with Gasteiger partial charge in [0.1, 0.15) is 6.33 Å². The fourth-order valence-electron chi connectivity index (χ4n) is 3.61. The van der Waals surface area contributed by atoms with E-state index in [0.29, 0.717) is 32.0 Å². The number of benzene rings is 3. The molecule has 0 amide bonds. The van der Waals surface area contributed by atoms with Gasteiger partial charge in [-0.25, -0.2) is 9.97 Å². The Bertz CT molecular complexity index is 1640. The molecule has 3 aromatic carbocycles. The van der Waals surface area contributed by atoms with Gasteiger partial charge in [-0.1, -0.05) is 40.9 Å². The number of fused-ring (bicyclic) bond motifs is 1. The summed E-state index contributed by atoms with van der Waals surface area (Å²) >= 11 is 18.6. The predicted molar refractivity (Wildman–Crippen MR) is 132 cm³/mol. The molecule has 0 aliphatic rings. The molecule has 0 fully saturated rings. The van der Waals surface area contributed by atoms with Crippen molar-refractivity contribution in [1.29, 1.82) is 0 Å². The number of imidazole rings is 1.